The number of benzene rings is 2. The summed E-state index contributed by atoms with van der Waals surface area (Å²) in [5, 5.41) is 13.8. The average Bonchev–Trinajstić information content (AvgIpc) is 3.34. The summed E-state index contributed by atoms with van der Waals surface area (Å²) < 4.78 is 35.0. The Morgan fingerprint density at radius 1 is 1.19 bits per heavy atom. The highest BCUT2D eigenvalue weighted by atomic mass is 32.2. The number of tetrazole rings is 1. The number of nitrogens with zero attached hydrogens (tertiary/aromatic N) is 5. The third-order valence-electron chi connectivity index (χ3n) is 5.47. The van der Waals surface area contributed by atoms with Crippen molar-refractivity contribution in [2.24, 2.45) is 0 Å². The molecule has 1 N–H and O–H groups in total. The van der Waals surface area contributed by atoms with Gasteiger partial charge in [-0.25, -0.2) is 13.1 Å². The minimum Gasteiger partial charge on any atom is -0.495 e. The number of hydrogen-bond donors (Lipinski definition) is 1. The van der Waals surface area contributed by atoms with Crippen LogP contribution in [0, 0.1) is 0 Å². The van der Waals surface area contributed by atoms with E-state index in [0.717, 1.165) is 19.3 Å². The van der Waals surface area contributed by atoms with Crippen LogP contribution in [-0.2, 0) is 10.0 Å². The summed E-state index contributed by atoms with van der Waals surface area (Å²) in [6, 6.07) is 11.3. The van der Waals surface area contributed by atoms with Gasteiger partial charge in [0.1, 0.15) is 17.0 Å². The van der Waals surface area contributed by atoms with Crippen molar-refractivity contribution in [3.05, 3.63) is 54.4 Å². The summed E-state index contributed by atoms with van der Waals surface area (Å²) >= 11 is 0. The van der Waals surface area contributed by atoms with Gasteiger partial charge in [-0.1, -0.05) is 12.5 Å². The van der Waals surface area contributed by atoms with E-state index in [1.165, 1.54) is 40.6 Å². The van der Waals surface area contributed by atoms with Crippen molar-refractivity contribution < 1.29 is 17.9 Å². The summed E-state index contributed by atoms with van der Waals surface area (Å²) in [5.41, 5.74) is 1.40. The summed E-state index contributed by atoms with van der Waals surface area (Å²) in [4.78, 5) is 12.9. The maximum absolute atomic E-state index is 13.4. The van der Waals surface area contributed by atoms with Crippen molar-refractivity contribution in [1.29, 1.82) is 0 Å². The molecule has 0 aliphatic carbocycles. The number of aromatic nitrogens is 4. The lowest BCUT2D eigenvalue weighted by Crippen LogP contribution is -2.42. The van der Waals surface area contributed by atoms with Crippen LogP contribution in [0.5, 0.6) is 5.75 Å². The second kappa shape index (κ2) is 9.05. The molecule has 1 saturated heterocycles. The maximum Gasteiger partial charge on any atom is 0.255 e. The van der Waals surface area contributed by atoms with Crippen LogP contribution < -0.4 is 10.1 Å². The second-order valence-corrected chi connectivity index (χ2v) is 9.44. The standard InChI is InChI=1S/C21H24N6O4S/c1-15-6-3-4-11-27(15)32(29,30)20-12-16(9-10-19(20)31-2)21(28)23-17-7-5-8-18(13-17)26-14-22-24-25-26/h5,7-10,12-15H,3-4,6,11H2,1-2H3,(H,23,28). The first-order valence-electron chi connectivity index (χ1n) is 10.2. The fraction of sp³-hybridized carbons (Fsp3) is 0.333. The van der Waals surface area contributed by atoms with Crippen LogP contribution in [0.4, 0.5) is 5.69 Å². The number of methoxy groups -OCH3 is 1. The maximum atomic E-state index is 13.4. The molecule has 1 amide bonds. The monoisotopic (exact) mass is 456 g/mol. The van der Waals surface area contributed by atoms with Crippen LogP contribution in [0.3, 0.4) is 0 Å². The molecule has 168 valence electrons. The molecule has 4 rings (SSSR count). The van der Waals surface area contributed by atoms with E-state index in [1.54, 1.807) is 24.3 Å². The van der Waals surface area contributed by atoms with Crippen molar-refractivity contribution in [2.75, 3.05) is 19.0 Å². The van der Waals surface area contributed by atoms with E-state index in [4.69, 9.17) is 4.74 Å². The molecule has 1 aromatic heterocycles. The van der Waals surface area contributed by atoms with Crippen molar-refractivity contribution in [3.63, 3.8) is 0 Å². The molecule has 11 heteroatoms. The van der Waals surface area contributed by atoms with E-state index in [2.05, 4.69) is 20.8 Å². The Morgan fingerprint density at radius 2 is 2.03 bits per heavy atom. The van der Waals surface area contributed by atoms with Gasteiger partial charge in [0.05, 0.1) is 12.8 Å². The van der Waals surface area contributed by atoms with Crippen molar-refractivity contribution in [3.8, 4) is 11.4 Å². The Kier molecular flexibility index (Phi) is 6.19. The number of sulfonamides is 1. The lowest BCUT2D eigenvalue weighted by molar-refractivity contribution is 0.102. The average molecular weight is 457 g/mol. The van der Waals surface area contributed by atoms with E-state index in [9.17, 15) is 13.2 Å². The van der Waals surface area contributed by atoms with Gasteiger partial charge >= 0.3 is 0 Å². The number of amides is 1. The predicted octanol–water partition coefficient (Wildman–Crippen LogP) is 2.49. The van der Waals surface area contributed by atoms with Gasteiger partial charge in [0.25, 0.3) is 5.91 Å². The first kappa shape index (κ1) is 21.9. The largest absolute Gasteiger partial charge is 0.495 e. The normalized spacial score (nSPS) is 17.1. The van der Waals surface area contributed by atoms with Gasteiger partial charge in [-0.3, -0.25) is 4.79 Å². The first-order chi connectivity index (χ1) is 15.4. The number of hydrogen-bond acceptors (Lipinski definition) is 7. The molecular weight excluding hydrogens is 432 g/mol. The molecular formula is C21H24N6O4S. The molecule has 0 bridgehead atoms. The van der Waals surface area contributed by atoms with E-state index in [1.807, 2.05) is 6.92 Å². The predicted molar refractivity (Wildman–Crippen MR) is 117 cm³/mol. The minimum absolute atomic E-state index is 0.0103. The molecule has 0 radical (unpaired) electrons. The first-order valence-corrected chi connectivity index (χ1v) is 11.7. The highest BCUT2D eigenvalue weighted by Crippen LogP contribution is 2.32. The molecule has 1 fully saturated rings. The van der Waals surface area contributed by atoms with Gasteiger partial charge < -0.3 is 10.1 Å². The number of anilines is 1. The second-order valence-electron chi connectivity index (χ2n) is 7.59. The zero-order valence-electron chi connectivity index (χ0n) is 17.8. The van der Waals surface area contributed by atoms with E-state index in [0.29, 0.717) is 17.9 Å². The van der Waals surface area contributed by atoms with Gasteiger partial charge in [0.2, 0.25) is 10.0 Å². The van der Waals surface area contributed by atoms with Crippen molar-refractivity contribution in [1.82, 2.24) is 24.5 Å². The zero-order chi connectivity index (χ0) is 22.7. The van der Waals surface area contributed by atoms with Crippen LogP contribution in [0.1, 0.15) is 36.5 Å². The smallest absolute Gasteiger partial charge is 0.255 e. The fourth-order valence-corrected chi connectivity index (χ4v) is 5.67. The summed E-state index contributed by atoms with van der Waals surface area (Å²) in [6.07, 6.45) is 4.06. The molecule has 1 atom stereocenters. The molecule has 0 spiro atoms. The third-order valence-corrected chi connectivity index (χ3v) is 7.51. The molecule has 2 aromatic carbocycles. The number of ether oxygens (including phenoxy) is 1. The molecule has 3 aromatic rings. The molecule has 10 nitrogen and oxygen atoms in total. The van der Waals surface area contributed by atoms with Gasteiger partial charge in [-0.15, -0.1) is 5.10 Å². The minimum atomic E-state index is -3.82. The molecule has 0 saturated carbocycles. The molecule has 2 heterocycles. The Morgan fingerprint density at radius 3 is 2.75 bits per heavy atom. The molecule has 32 heavy (non-hydrogen) atoms. The van der Waals surface area contributed by atoms with Gasteiger partial charge in [0.15, 0.2) is 0 Å². The van der Waals surface area contributed by atoms with Crippen LogP contribution in [0.25, 0.3) is 5.69 Å². The topological polar surface area (TPSA) is 119 Å². The molecule has 1 unspecified atom stereocenters. The number of carbonyl (C=O) groups excluding carboxylic acids is 1. The highest BCUT2D eigenvalue weighted by Gasteiger charge is 2.33. The van der Waals surface area contributed by atoms with E-state index >= 15 is 0 Å². The third kappa shape index (κ3) is 4.34. The zero-order valence-corrected chi connectivity index (χ0v) is 18.6. The Bertz CT molecular complexity index is 1210. The van der Waals surface area contributed by atoms with Crippen LogP contribution in [-0.4, -0.2) is 58.5 Å². The van der Waals surface area contributed by atoms with Crippen LogP contribution in [0.2, 0.25) is 0 Å². The summed E-state index contributed by atoms with van der Waals surface area (Å²) in [7, 11) is -2.40. The number of rotatable bonds is 6. The fourth-order valence-electron chi connectivity index (χ4n) is 3.78. The van der Waals surface area contributed by atoms with E-state index < -0.39 is 15.9 Å². The molecule has 1 aliphatic heterocycles. The Balaban J connectivity index is 1.62. The Labute approximate surface area is 186 Å². The van der Waals surface area contributed by atoms with Gasteiger partial charge in [-0.05, 0) is 66.6 Å². The van der Waals surface area contributed by atoms with Crippen LogP contribution >= 0.6 is 0 Å². The summed E-state index contributed by atoms with van der Waals surface area (Å²) in [5.74, 6) is -0.232. The number of nitrogens with one attached hydrogen (secondary N) is 1. The lowest BCUT2D eigenvalue weighted by Gasteiger charge is -2.32. The number of carbonyl (C=O) groups is 1. The van der Waals surface area contributed by atoms with Crippen molar-refractivity contribution in [2.45, 2.75) is 37.1 Å². The SMILES string of the molecule is COc1ccc(C(=O)Nc2cccc(-n3cnnn3)c2)cc1S(=O)(=O)N1CCCCC1C. The Hall–Kier alpha value is -3.31. The van der Waals surface area contributed by atoms with Gasteiger partial charge in [-0.2, -0.15) is 4.31 Å². The van der Waals surface area contributed by atoms with E-state index in [-0.39, 0.29) is 22.3 Å². The lowest BCUT2D eigenvalue weighted by atomic mass is 10.1. The van der Waals surface area contributed by atoms with Crippen molar-refractivity contribution >= 4 is 21.6 Å². The number of piperidine rings is 1. The molecule has 1 aliphatic rings. The highest BCUT2D eigenvalue weighted by molar-refractivity contribution is 7.89. The summed E-state index contributed by atoms with van der Waals surface area (Å²) in [6.45, 7) is 2.35. The van der Waals surface area contributed by atoms with Crippen LogP contribution in [0.15, 0.2) is 53.7 Å². The quantitative estimate of drug-likeness (QED) is 0.605. The van der Waals surface area contributed by atoms with Gasteiger partial charge in [0, 0.05) is 23.8 Å².